The van der Waals surface area contributed by atoms with E-state index in [-0.39, 0.29) is 12.0 Å². The summed E-state index contributed by atoms with van der Waals surface area (Å²) in [6.07, 6.45) is -0.859. The second-order valence-corrected chi connectivity index (χ2v) is 11.6. The molecule has 0 bridgehead atoms. The van der Waals surface area contributed by atoms with Gasteiger partial charge in [-0.1, -0.05) is 122 Å². The molecule has 5 rings (SSSR count). The maximum absolute atomic E-state index is 11.5. The molecule has 5 heteroatoms. The molecular formula is C37H43NO4. The third-order valence-corrected chi connectivity index (χ3v) is 8.16. The predicted molar refractivity (Wildman–Crippen MR) is 167 cm³/mol. The second kappa shape index (κ2) is 14.2. The van der Waals surface area contributed by atoms with Crippen LogP contribution in [0.1, 0.15) is 40.7 Å². The summed E-state index contributed by atoms with van der Waals surface area (Å²) < 4.78 is 18.6. The molecule has 0 radical (unpaired) electrons. The van der Waals surface area contributed by atoms with E-state index in [1.807, 2.05) is 18.2 Å². The molecule has 0 unspecified atom stereocenters. The molecule has 0 saturated carbocycles. The summed E-state index contributed by atoms with van der Waals surface area (Å²) in [5.74, 6) is 0.147. The fourth-order valence-electron chi connectivity index (χ4n) is 6.22. The van der Waals surface area contributed by atoms with Gasteiger partial charge in [-0.3, -0.25) is 0 Å². The number of piperidine rings is 1. The van der Waals surface area contributed by atoms with Crippen LogP contribution in [0.5, 0.6) is 0 Å². The van der Waals surface area contributed by atoms with Crippen LogP contribution in [0.25, 0.3) is 0 Å². The Kier molecular flexibility index (Phi) is 10.2. The Morgan fingerprint density at radius 3 is 1.79 bits per heavy atom. The Morgan fingerprint density at radius 2 is 1.29 bits per heavy atom. The van der Waals surface area contributed by atoms with E-state index < -0.39 is 11.7 Å². The SMILES string of the molecule is COC[C@H](C)COCc1ccc([C@@H]2[C@@H](O)CN(C)C[C@H]2OC(c2ccccc2)(c2ccccc2)c2ccccc2)cc1. The molecule has 42 heavy (non-hydrogen) atoms. The van der Waals surface area contributed by atoms with Crippen molar-refractivity contribution in [3.8, 4) is 0 Å². The molecule has 1 aliphatic heterocycles. The number of aliphatic hydroxyl groups excluding tert-OH is 1. The molecule has 4 atom stereocenters. The van der Waals surface area contributed by atoms with Gasteiger partial charge in [0.05, 0.1) is 32.0 Å². The van der Waals surface area contributed by atoms with E-state index in [1.165, 1.54) is 0 Å². The zero-order chi connectivity index (χ0) is 29.4. The standard InChI is InChI=1S/C37H43NO4/c1-28(25-40-3)26-41-27-29-19-21-30(22-20-29)36-34(39)23-38(2)24-35(36)42-37(31-13-7-4-8-14-31,32-15-9-5-10-16-32)33-17-11-6-12-18-33/h4-22,28,34-36,39H,23-27H2,1-3H3/t28-,34-,35+,36+/m0/s1. The highest BCUT2D eigenvalue weighted by Gasteiger charge is 2.45. The summed E-state index contributed by atoms with van der Waals surface area (Å²) in [6, 6.07) is 39.8. The highest BCUT2D eigenvalue weighted by atomic mass is 16.5. The minimum Gasteiger partial charge on any atom is -0.391 e. The number of hydrogen-bond donors (Lipinski definition) is 1. The topological polar surface area (TPSA) is 51.2 Å². The van der Waals surface area contributed by atoms with E-state index in [9.17, 15) is 5.11 Å². The maximum atomic E-state index is 11.5. The summed E-state index contributed by atoms with van der Waals surface area (Å²) in [5.41, 5.74) is 4.48. The lowest BCUT2D eigenvalue weighted by atomic mass is 9.78. The van der Waals surface area contributed by atoms with Crippen molar-refractivity contribution in [3.63, 3.8) is 0 Å². The second-order valence-electron chi connectivity index (χ2n) is 11.6. The van der Waals surface area contributed by atoms with Gasteiger partial charge in [0, 0.05) is 32.0 Å². The van der Waals surface area contributed by atoms with Crippen LogP contribution in [-0.2, 0) is 26.4 Å². The minimum absolute atomic E-state index is 0.201. The van der Waals surface area contributed by atoms with Crippen LogP contribution in [-0.4, -0.2) is 62.7 Å². The molecule has 4 aromatic rings. The van der Waals surface area contributed by atoms with Gasteiger partial charge in [0.2, 0.25) is 0 Å². The van der Waals surface area contributed by atoms with Crippen molar-refractivity contribution in [3.05, 3.63) is 143 Å². The van der Waals surface area contributed by atoms with Gasteiger partial charge in [-0.25, -0.2) is 0 Å². The summed E-state index contributed by atoms with van der Waals surface area (Å²) in [6.45, 7) is 5.28. The Hall–Kier alpha value is -3.32. The van der Waals surface area contributed by atoms with Gasteiger partial charge in [0.1, 0.15) is 5.60 Å². The number of ether oxygens (including phenoxy) is 3. The van der Waals surface area contributed by atoms with Crippen LogP contribution < -0.4 is 0 Å². The van der Waals surface area contributed by atoms with Gasteiger partial charge in [0.25, 0.3) is 0 Å². The van der Waals surface area contributed by atoms with Gasteiger partial charge in [0.15, 0.2) is 0 Å². The van der Waals surface area contributed by atoms with Crippen molar-refractivity contribution in [2.24, 2.45) is 5.92 Å². The fourth-order valence-corrected chi connectivity index (χ4v) is 6.22. The van der Waals surface area contributed by atoms with Gasteiger partial charge in [-0.15, -0.1) is 0 Å². The molecule has 4 aromatic carbocycles. The van der Waals surface area contributed by atoms with Crippen LogP contribution in [0.2, 0.25) is 0 Å². The van der Waals surface area contributed by atoms with Crippen LogP contribution >= 0.6 is 0 Å². The van der Waals surface area contributed by atoms with E-state index in [4.69, 9.17) is 14.2 Å². The van der Waals surface area contributed by atoms with E-state index in [0.717, 1.165) is 27.8 Å². The number of aliphatic hydroxyl groups is 1. The number of nitrogens with zero attached hydrogens (tertiary/aromatic N) is 1. The lowest BCUT2D eigenvalue weighted by Gasteiger charge is -2.46. The van der Waals surface area contributed by atoms with Crippen molar-refractivity contribution in [1.29, 1.82) is 0 Å². The number of β-amino-alcohol motifs (C(OH)–C–C–N with tert-alkyl or cyclic N) is 1. The molecule has 220 valence electrons. The zero-order valence-corrected chi connectivity index (χ0v) is 24.9. The van der Waals surface area contributed by atoms with Gasteiger partial charge < -0.3 is 24.2 Å². The number of likely N-dealkylation sites (tertiary alicyclic amines) is 1. The summed E-state index contributed by atoms with van der Waals surface area (Å²) >= 11 is 0. The van der Waals surface area contributed by atoms with Crippen molar-refractivity contribution >= 4 is 0 Å². The quantitative estimate of drug-likeness (QED) is 0.206. The number of benzene rings is 4. The highest BCUT2D eigenvalue weighted by molar-refractivity contribution is 5.47. The highest BCUT2D eigenvalue weighted by Crippen LogP contribution is 2.44. The Bertz CT molecular complexity index is 1250. The number of likely N-dealkylation sites (N-methyl/N-ethyl adjacent to an activating group) is 1. The van der Waals surface area contributed by atoms with Crippen LogP contribution in [0.15, 0.2) is 115 Å². The largest absolute Gasteiger partial charge is 0.391 e. The van der Waals surface area contributed by atoms with Crippen molar-refractivity contribution in [2.45, 2.75) is 37.3 Å². The normalized spacial score (nSPS) is 20.3. The lowest BCUT2D eigenvalue weighted by Crippen LogP contribution is -2.53. The first-order chi connectivity index (χ1) is 20.5. The van der Waals surface area contributed by atoms with Crippen LogP contribution in [0, 0.1) is 5.92 Å². The molecule has 1 fully saturated rings. The first-order valence-electron chi connectivity index (χ1n) is 14.9. The van der Waals surface area contributed by atoms with Gasteiger partial charge in [-0.2, -0.15) is 0 Å². The van der Waals surface area contributed by atoms with Crippen molar-refractivity contribution < 1.29 is 19.3 Å². The molecule has 0 aliphatic carbocycles. The van der Waals surface area contributed by atoms with Crippen molar-refractivity contribution in [1.82, 2.24) is 4.90 Å². The lowest BCUT2D eigenvalue weighted by molar-refractivity contribution is -0.112. The third kappa shape index (κ3) is 6.83. The van der Waals surface area contributed by atoms with Gasteiger partial charge in [-0.05, 0) is 34.9 Å². The van der Waals surface area contributed by atoms with E-state index in [2.05, 4.69) is 116 Å². The maximum Gasteiger partial charge on any atom is 0.144 e. The molecule has 0 amide bonds. The first kappa shape index (κ1) is 30.1. The molecule has 1 heterocycles. The monoisotopic (exact) mass is 565 g/mol. The zero-order valence-electron chi connectivity index (χ0n) is 24.9. The smallest absolute Gasteiger partial charge is 0.144 e. The fraction of sp³-hybridized carbons (Fsp3) is 0.351. The summed E-state index contributed by atoms with van der Waals surface area (Å²) in [4.78, 5) is 2.17. The average molecular weight is 566 g/mol. The first-order valence-corrected chi connectivity index (χ1v) is 14.9. The molecule has 1 saturated heterocycles. The molecule has 5 nitrogen and oxygen atoms in total. The summed E-state index contributed by atoms with van der Waals surface area (Å²) in [7, 11) is 3.77. The van der Waals surface area contributed by atoms with Crippen molar-refractivity contribution in [2.75, 3.05) is 40.5 Å². The third-order valence-electron chi connectivity index (χ3n) is 8.16. The number of methoxy groups -OCH3 is 1. The van der Waals surface area contributed by atoms with E-state index in [1.54, 1.807) is 7.11 Å². The Labute approximate surface area is 250 Å². The number of rotatable bonds is 12. The predicted octanol–water partition coefficient (Wildman–Crippen LogP) is 6.25. The van der Waals surface area contributed by atoms with Gasteiger partial charge >= 0.3 is 0 Å². The molecule has 1 N–H and O–H groups in total. The molecular weight excluding hydrogens is 522 g/mol. The minimum atomic E-state index is -0.864. The number of hydrogen-bond acceptors (Lipinski definition) is 5. The van der Waals surface area contributed by atoms with Crippen LogP contribution in [0.3, 0.4) is 0 Å². The van der Waals surface area contributed by atoms with E-state index in [0.29, 0.717) is 38.8 Å². The molecule has 0 spiro atoms. The molecule has 1 aliphatic rings. The van der Waals surface area contributed by atoms with E-state index >= 15 is 0 Å². The Morgan fingerprint density at radius 1 is 0.762 bits per heavy atom. The van der Waals surface area contributed by atoms with Crippen LogP contribution in [0.4, 0.5) is 0 Å². The average Bonchev–Trinajstić information content (AvgIpc) is 3.02. The summed E-state index contributed by atoms with van der Waals surface area (Å²) in [5, 5.41) is 11.5. The Balaban J connectivity index is 1.50. The molecule has 0 aromatic heterocycles.